The van der Waals surface area contributed by atoms with Gasteiger partial charge in [-0.3, -0.25) is 0 Å². The van der Waals surface area contributed by atoms with Crippen LogP contribution in [0.2, 0.25) is 0 Å². The van der Waals surface area contributed by atoms with Crippen LogP contribution in [-0.2, 0) is 6.42 Å². The van der Waals surface area contributed by atoms with Crippen LogP contribution in [0.15, 0.2) is 18.2 Å². The number of hydrogen-bond acceptors (Lipinski definition) is 2. The van der Waals surface area contributed by atoms with Crippen molar-refractivity contribution in [2.24, 2.45) is 0 Å². The van der Waals surface area contributed by atoms with Crippen molar-refractivity contribution in [1.82, 2.24) is 0 Å². The smallest absolute Gasteiger partial charge is 0.387 e. The van der Waals surface area contributed by atoms with Gasteiger partial charge in [0.1, 0.15) is 11.6 Å². The van der Waals surface area contributed by atoms with Crippen molar-refractivity contribution in [2.45, 2.75) is 13.0 Å². The van der Waals surface area contributed by atoms with Crippen LogP contribution in [0.25, 0.3) is 0 Å². The Bertz CT molecular complexity index is 302. The second-order valence-corrected chi connectivity index (χ2v) is 2.60. The van der Waals surface area contributed by atoms with E-state index in [2.05, 4.69) is 4.74 Å². The van der Waals surface area contributed by atoms with Crippen LogP contribution >= 0.6 is 0 Å². The second-order valence-electron chi connectivity index (χ2n) is 2.60. The predicted molar refractivity (Wildman–Crippen MR) is 43.8 cm³/mol. The molecule has 5 heteroatoms. The Labute approximate surface area is 78.9 Å². The van der Waals surface area contributed by atoms with Gasteiger partial charge in [0.15, 0.2) is 0 Å². The predicted octanol–water partition coefficient (Wildman–Crippen LogP) is 1.96. The summed E-state index contributed by atoms with van der Waals surface area (Å²) in [4.78, 5) is 0. The van der Waals surface area contributed by atoms with Gasteiger partial charge >= 0.3 is 6.61 Å². The highest BCUT2D eigenvalue weighted by Gasteiger charge is 2.09. The zero-order valence-electron chi connectivity index (χ0n) is 7.21. The molecule has 0 fully saturated rings. The molecule has 0 spiro atoms. The van der Waals surface area contributed by atoms with E-state index in [1.165, 1.54) is 0 Å². The summed E-state index contributed by atoms with van der Waals surface area (Å²) in [5.41, 5.74) is 0.229. The Morgan fingerprint density at radius 2 is 2.07 bits per heavy atom. The molecule has 0 saturated heterocycles. The minimum atomic E-state index is -2.95. The zero-order valence-corrected chi connectivity index (χ0v) is 7.21. The molecular weight excluding hydrogens is 197 g/mol. The lowest BCUT2D eigenvalue weighted by molar-refractivity contribution is -0.0505. The van der Waals surface area contributed by atoms with E-state index in [9.17, 15) is 13.2 Å². The van der Waals surface area contributed by atoms with Gasteiger partial charge in [-0.05, 0) is 30.2 Å². The standard InChI is InChI=1S/C9H9F3O2/c10-7-1-2-8(14-9(11)12)6(5-7)3-4-13/h1-2,5,9,13H,3-4H2. The highest BCUT2D eigenvalue weighted by atomic mass is 19.3. The van der Waals surface area contributed by atoms with E-state index < -0.39 is 12.4 Å². The van der Waals surface area contributed by atoms with E-state index >= 15 is 0 Å². The fraction of sp³-hybridized carbons (Fsp3) is 0.333. The van der Waals surface area contributed by atoms with E-state index in [-0.39, 0.29) is 24.3 Å². The molecule has 0 saturated carbocycles. The van der Waals surface area contributed by atoms with Gasteiger partial charge < -0.3 is 9.84 Å². The number of benzene rings is 1. The molecule has 0 aliphatic carbocycles. The van der Waals surface area contributed by atoms with Crippen LogP contribution in [0.3, 0.4) is 0 Å². The van der Waals surface area contributed by atoms with Gasteiger partial charge in [0.25, 0.3) is 0 Å². The van der Waals surface area contributed by atoms with Crippen LogP contribution < -0.4 is 4.74 Å². The van der Waals surface area contributed by atoms with Crippen molar-refractivity contribution >= 4 is 0 Å². The summed E-state index contributed by atoms with van der Waals surface area (Å²) in [7, 11) is 0. The third-order valence-electron chi connectivity index (χ3n) is 1.62. The van der Waals surface area contributed by atoms with Crippen molar-refractivity contribution in [3.63, 3.8) is 0 Å². The summed E-state index contributed by atoms with van der Waals surface area (Å²) in [6.45, 7) is -3.19. The SMILES string of the molecule is OCCc1cc(F)ccc1OC(F)F. The average Bonchev–Trinajstić information content (AvgIpc) is 2.09. The van der Waals surface area contributed by atoms with E-state index in [0.717, 1.165) is 18.2 Å². The summed E-state index contributed by atoms with van der Waals surface area (Å²) >= 11 is 0. The number of halogens is 3. The van der Waals surface area contributed by atoms with Gasteiger partial charge in [0.05, 0.1) is 0 Å². The van der Waals surface area contributed by atoms with E-state index in [1.54, 1.807) is 0 Å². The van der Waals surface area contributed by atoms with Gasteiger partial charge in [-0.15, -0.1) is 0 Å². The number of alkyl halides is 2. The molecular formula is C9H9F3O2. The topological polar surface area (TPSA) is 29.5 Å². The maximum absolute atomic E-state index is 12.7. The summed E-state index contributed by atoms with van der Waals surface area (Å²) < 4.78 is 40.6. The van der Waals surface area contributed by atoms with Gasteiger partial charge in [-0.25, -0.2) is 4.39 Å². The maximum Gasteiger partial charge on any atom is 0.387 e. The molecule has 0 atom stereocenters. The van der Waals surface area contributed by atoms with Crippen LogP contribution in [0.4, 0.5) is 13.2 Å². The second kappa shape index (κ2) is 4.85. The van der Waals surface area contributed by atoms with Crippen molar-refractivity contribution in [3.8, 4) is 5.75 Å². The van der Waals surface area contributed by atoms with E-state index in [1.807, 2.05) is 0 Å². The quantitative estimate of drug-likeness (QED) is 0.815. The monoisotopic (exact) mass is 206 g/mol. The van der Waals surface area contributed by atoms with Crippen molar-refractivity contribution in [3.05, 3.63) is 29.6 Å². The molecule has 14 heavy (non-hydrogen) atoms. The molecule has 0 radical (unpaired) electrons. The largest absolute Gasteiger partial charge is 0.435 e. The lowest BCUT2D eigenvalue weighted by atomic mass is 10.1. The number of aliphatic hydroxyl groups is 1. The van der Waals surface area contributed by atoms with E-state index in [0.29, 0.717) is 0 Å². The highest BCUT2D eigenvalue weighted by molar-refractivity contribution is 5.34. The molecule has 1 aromatic rings. The van der Waals surface area contributed by atoms with Gasteiger partial charge in [0.2, 0.25) is 0 Å². The highest BCUT2D eigenvalue weighted by Crippen LogP contribution is 2.21. The minimum Gasteiger partial charge on any atom is -0.435 e. The third-order valence-corrected chi connectivity index (χ3v) is 1.62. The lowest BCUT2D eigenvalue weighted by Gasteiger charge is -2.09. The number of hydrogen-bond donors (Lipinski definition) is 1. The summed E-state index contributed by atoms with van der Waals surface area (Å²) in [5.74, 6) is -0.648. The fourth-order valence-electron chi connectivity index (χ4n) is 1.07. The molecule has 1 rings (SSSR count). The molecule has 0 bridgehead atoms. The molecule has 2 nitrogen and oxygen atoms in total. The summed E-state index contributed by atoms with van der Waals surface area (Å²) in [6.07, 6.45) is 0.0831. The fourth-order valence-corrected chi connectivity index (χ4v) is 1.07. The first-order valence-corrected chi connectivity index (χ1v) is 3.97. The van der Waals surface area contributed by atoms with Crippen LogP contribution in [0.5, 0.6) is 5.75 Å². The Morgan fingerprint density at radius 1 is 1.36 bits per heavy atom. The molecule has 1 N–H and O–H groups in total. The Balaban J connectivity index is 2.89. The first kappa shape index (κ1) is 10.8. The van der Waals surface area contributed by atoms with Crippen LogP contribution in [0.1, 0.15) is 5.56 Å². The molecule has 1 aromatic carbocycles. The summed E-state index contributed by atoms with van der Waals surface area (Å²) in [6, 6.07) is 3.21. The lowest BCUT2D eigenvalue weighted by Crippen LogP contribution is -2.05. The van der Waals surface area contributed by atoms with Crippen LogP contribution in [-0.4, -0.2) is 18.3 Å². The van der Waals surface area contributed by atoms with Gasteiger partial charge in [-0.1, -0.05) is 0 Å². The van der Waals surface area contributed by atoms with Gasteiger partial charge in [-0.2, -0.15) is 8.78 Å². The molecule has 0 aromatic heterocycles. The van der Waals surface area contributed by atoms with Crippen molar-refractivity contribution < 1.29 is 23.0 Å². The van der Waals surface area contributed by atoms with Crippen molar-refractivity contribution in [2.75, 3.05) is 6.61 Å². The Kier molecular flexibility index (Phi) is 3.76. The minimum absolute atomic E-state index is 0.0831. The molecule has 0 heterocycles. The summed E-state index contributed by atoms with van der Waals surface area (Å²) in [5, 5.41) is 8.60. The first-order valence-electron chi connectivity index (χ1n) is 3.97. The molecule has 0 amide bonds. The van der Waals surface area contributed by atoms with Gasteiger partial charge in [0, 0.05) is 6.61 Å². The van der Waals surface area contributed by atoms with Crippen molar-refractivity contribution in [1.29, 1.82) is 0 Å². The molecule has 78 valence electrons. The van der Waals surface area contributed by atoms with Crippen LogP contribution in [0, 0.1) is 5.82 Å². The zero-order chi connectivity index (χ0) is 10.6. The first-order chi connectivity index (χ1) is 6.63. The van der Waals surface area contributed by atoms with E-state index in [4.69, 9.17) is 5.11 Å². The number of rotatable bonds is 4. The Hall–Kier alpha value is -1.23. The maximum atomic E-state index is 12.7. The normalized spacial score (nSPS) is 10.6. The number of aliphatic hydroxyl groups excluding tert-OH is 1. The molecule has 0 aliphatic rings. The molecule has 0 aliphatic heterocycles. The molecule has 0 unspecified atom stereocenters. The average molecular weight is 206 g/mol. The Morgan fingerprint density at radius 3 is 2.64 bits per heavy atom. The number of ether oxygens (including phenoxy) is 1. The third kappa shape index (κ3) is 2.92.